The van der Waals surface area contributed by atoms with Gasteiger partial charge in [0.05, 0.1) is 11.6 Å². The van der Waals surface area contributed by atoms with E-state index >= 15 is 0 Å². The van der Waals surface area contributed by atoms with Crippen molar-refractivity contribution < 1.29 is 4.79 Å². The Labute approximate surface area is 125 Å². The molecular formula is C18H18N2O. The monoisotopic (exact) mass is 278 g/mol. The van der Waals surface area contributed by atoms with Gasteiger partial charge in [-0.2, -0.15) is 5.26 Å². The lowest BCUT2D eigenvalue weighted by atomic mass is 9.95. The van der Waals surface area contributed by atoms with Gasteiger partial charge >= 0.3 is 0 Å². The molecule has 2 aromatic rings. The summed E-state index contributed by atoms with van der Waals surface area (Å²) in [7, 11) is 0. The number of amides is 1. The molecule has 0 bridgehead atoms. The van der Waals surface area contributed by atoms with E-state index in [1.807, 2.05) is 63.2 Å². The van der Waals surface area contributed by atoms with Gasteiger partial charge in [0, 0.05) is 16.7 Å². The Morgan fingerprint density at radius 2 is 1.81 bits per heavy atom. The summed E-state index contributed by atoms with van der Waals surface area (Å²) in [5, 5.41) is 12.0. The van der Waals surface area contributed by atoms with E-state index in [0.29, 0.717) is 5.56 Å². The molecule has 0 saturated carbocycles. The molecule has 3 heteroatoms. The molecule has 0 aliphatic carbocycles. The van der Waals surface area contributed by atoms with Crippen molar-refractivity contribution in [3.8, 4) is 17.2 Å². The third kappa shape index (κ3) is 3.49. The third-order valence-corrected chi connectivity index (χ3v) is 3.16. The molecule has 1 N–H and O–H groups in total. The molecule has 0 radical (unpaired) electrons. The minimum atomic E-state index is -0.457. The number of para-hydroxylation sites is 1. The van der Waals surface area contributed by atoms with Crippen molar-refractivity contribution in [2.75, 3.05) is 5.32 Å². The van der Waals surface area contributed by atoms with Crippen molar-refractivity contribution in [3.63, 3.8) is 0 Å². The van der Waals surface area contributed by atoms with Crippen LogP contribution in [0.2, 0.25) is 0 Å². The summed E-state index contributed by atoms with van der Waals surface area (Å²) >= 11 is 0. The van der Waals surface area contributed by atoms with Crippen molar-refractivity contribution in [2.24, 2.45) is 5.41 Å². The fourth-order valence-corrected chi connectivity index (χ4v) is 1.91. The lowest BCUT2D eigenvalue weighted by molar-refractivity contribution is -0.123. The molecule has 106 valence electrons. The highest BCUT2D eigenvalue weighted by Gasteiger charge is 2.22. The Kier molecular flexibility index (Phi) is 4.09. The van der Waals surface area contributed by atoms with E-state index in [4.69, 9.17) is 5.26 Å². The standard InChI is InChI=1S/C18H18N2O/c1-18(2,3)17(21)20-16-10-5-4-9-15(16)14-8-6-7-13(11-14)12-19/h4-11H,1-3H3,(H,20,21). The van der Waals surface area contributed by atoms with E-state index in [1.165, 1.54) is 0 Å². The average Bonchev–Trinajstić information content (AvgIpc) is 2.47. The predicted octanol–water partition coefficient (Wildman–Crippen LogP) is 4.21. The first-order chi connectivity index (χ1) is 9.91. The van der Waals surface area contributed by atoms with Crippen molar-refractivity contribution >= 4 is 11.6 Å². The van der Waals surface area contributed by atoms with Gasteiger partial charge in [0.2, 0.25) is 5.91 Å². The summed E-state index contributed by atoms with van der Waals surface area (Å²) in [5.41, 5.74) is 2.73. The molecule has 0 unspecified atom stereocenters. The number of rotatable bonds is 2. The van der Waals surface area contributed by atoms with Gasteiger partial charge in [0.25, 0.3) is 0 Å². The van der Waals surface area contributed by atoms with Crippen LogP contribution in [0.4, 0.5) is 5.69 Å². The summed E-state index contributed by atoms with van der Waals surface area (Å²) in [5.74, 6) is -0.0358. The number of nitrogens with one attached hydrogen (secondary N) is 1. The number of hydrogen-bond acceptors (Lipinski definition) is 2. The molecule has 1 amide bonds. The molecule has 0 fully saturated rings. The zero-order valence-corrected chi connectivity index (χ0v) is 12.5. The van der Waals surface area contributed by atoms with Crippen LogP contribution < -0.4 is 5.32 Å². The van der Waals surface area contributed by atoms with Crippen LogP contribution in [0.3, 0.4) is 0 Å². The second kappa shape index (κ2) is 5.80. The number of carbonyl (C=O) groups is 1. The molecule has 0 spiro atoms. The minimum Gasteiger partial charge on any atom is -0.325 e. The van der Waals surface area contributed by atoms with Crippen LogP contribution in [-0.4, -0.2) is 5.91 Å². The molecule has 0 saturated heterocycles. The smallest absolute Gasteiger partial charge is 0.229 e. The summed E-state index contributed by atoms with van der Waals surface area (Å²) in [6.45, 7) is 5.63. The lowest BCUT2D eigenvalue weighted by Gasteiger charge is -2.19. The fraction of sp³-hybridized carbons (Fsp3) is 0.222. The van der Waals surface area contributed by atoms with Gasteiger partial charge in [-0.1, -0.05) is 51.1 Å². The van der Waals surface area contributed by atoms with Crippen LogP contribution in [0, 0.1) is 16.7 Å². The van der Waals surface area contributed by atoms with Crippen LogP contribution in [0.5, 0.6) is 0 Å². The Morgan fingerprint density at radius 1 is 1.10 bits per heavy atom. The molecule has 2 aromatic carbocycles. The topological polar surface area (TPSA) is 52.9 Å². The van der Waals surface area contributed by atoms with Crippen molar-refractivity contribution in [1.29, 1.82) is 5.26 Å². The first kappa shape index (κ1) is 14.8. The molecule has 0 aliphatic heterocycles. The van der Waals surface area contributed by atoms with E-state index in [2.05, 4.69) is 11.4 Å². The molecule has 0 atom stereocenters. The van der Waals surface area contributed by atoms with Gasteiger partial charge in [-0.3, -0.25) is 4.79 Å². The van der Waals surface area contributed by atoms with E-state index < -0.39 is 5.41 Å². The summed E-state index contributed by atoms with van der Waals surface area (Å²) in [6.07, 6.45) is 0. The molecular weight excluding hydrogens is 260 g/mol. The first-order valence-electron chi connectivity index (χ1n) is 6.83. The maximum Gasteiger partial charge on any atom is 0.229 e. The number of carbonyl (C=O) groups excluding carboxylic acids is 1. The van der Waals surface area contributed by atoms with E-state index in [1.54, 1.807) is 6.07 Å². The van der Waals surface area contributed by atoms with Crippen molar-refractivity contribution in [2.45, 2.75) is 20.8 Å². The van der Waals surface area contributed by atoms with Crippen molar-refractivity contribution in [1.82, 2.24) is 0 Å². The first-order valence-corrected chi connectivity index (χ1v) is 6.83. The maximum absolute atomic E-state index is 12.2. The largest absolute Gasteiger partial charge is 0.325 e. The molecule has 2 rings (SSSR count). The average molecular weight is 278 g/mol. The van der Waals surface area contributed by atoms with E-state index in [-0.39, 0.29) is 5.91 Å². The highest BCUT2D eigenvalue weighted by atomic mass is 16.2. The highest BCUT2D eigenvalue weighted by molar-refractivity contribution is 5.98. The van der Waals surface area contributed by atoms with Crippen LogP contribution in [-0.2, 0) is 4.79 Å². The third-order valence-electron chi connectivity index (χ3n) is 3.16. The zero-order valence-electron chi connectivity index (χ0n) is 12.5. The zero-order chi connectivity index (χ0) is 15.5. The van der Waals surface area contributed by atoms with Crippen LogP contribution >= 0.6 is 0 Å². The molecule has 0 aromatic heterocycles. The van der Waals surface area contributed by atoms with Gasteiger partial charge in [0.1, 0.15) is 0 Å². The number of hydrogen-bond donors (Lipinski definition) is 1. The number of nitriles is 1. The quantitative estimate of drug-likeness (QED) is 0.894. The Bertz CT molecular complexity index is 706. The lowest BCUT2D eigenvalue weighted by Crippen LogP contribution is -2.27. The second-order valence-electron chi connectivity index (χ2n) is 5.94. The van der Waals surface area contributed by atoms with Gasteiger partial charge in [-0.05, 0) is 23.8 Å². The van der Waals surface area contributed by atoms with Gasteiger partial charge in [-0.25, -0.2) is 0 Å². The van der Waals surface area contributed by atoms with E-state index in [0.717, 1.165) is 16.8 Å². The Morgan fingerprint density at radius 3 is 2.48 bits per heavy atom. The Balaban J connectivity index is 2.42. The summed E-state index contributed by atoms with van der Waals surface area (Å²) < 4.78 is 0. The summed E-state index contributed by atoms with van der Waals surface area (Å²) in [6, 6.07) is 17.1. The van der Waals surface area contributed by atoms with Gasteiger partial charge in [-0.15, -0.1) is 0 Å². The van der Waals surface area contributed by atoms with Gasteiger partial charge in [0.15, 0.2) is 0 Å². The van der Waals surface area contributed by atoms with E-state index in [9.17, 15) is 4.79 Å². The van der Waals surface area contributed by atoms with Gasteiger partial charge < -0.3 is 5.32 Å². The van der Waals surface area contributed by atoms with Crippen LogP contribution in [0.25, 0.3) is 11.1 Å². The minimum absolute atomic E-state index is 0.0358. The highest BCUT2D eigenvalue weighted by Crippen LogP contribution is 2.29. The SMILES string of the molecule is CC(C)(C)C(=O)Nc1ccccc1-c1cccc(C#N)c1. The summed E-state index contributed by atoms with van der Waals surface area (Å²) in [4.78, 5) is 12.2. The fourth-order valence-electron chi connectivity index (χ4n) is 1.91. The second-order valence-corrected chi connectivity index (χ2v) is 5.94. The maximum atomic E-state index is 12.2. The normalized spacial score (nSPS) is 10.8. The molecule has 3 nitrogen and oxygen atoms in total. The van der Waals surface area contributed by atoms with Crippen molar-refractivity contribution in [3.05, 3.63) is 54.1 Å². The Hall–Kier alpha value is -2.60. The predicted molar refractivity (Wildman–Crippen MR) is 84.7 cm³/mol. The van der Waals surface area contributed by atoms with Crippen LogP contribution in [0.1, 0.15) is 26.3 Å². The molecule has 0 aliphatic rings. The number of anilines is 1. The molecule has 0 heterocycles. The number of benzene rings is 2. The molecule has 21 heavy (non-hydrogen) atoms. The number of nitrogens with zero attached hydrogens (tertiary/aromatic N) is 1. The van der Waals surface area contributed by atoms with Crippen LogP contribution in [0.15, 0.2) is 48.5 Å².